The first-order valence-corrected chi connectivity index (χ1v) is 13.4. The van der Waals surface area contributed by atoms with Gasteiger partial charge in [0.15, 0.2) is 0 Å². The molecular formula is C25H31ClN2O5S. The molecule has 1 aliphatic rings. The highest BCUT2D eigenvalue weighted by Crippen LogP contribution is 2.36. The lowest BCUT2D eigenvalue weighted by atomic mass is 9.86. The number of nitrogens with one attached hydrogen (secondary N) is 1. The Hall–Kier alpha value is -2.58. The van der Waals surface area contributed by atoms with E-state index >= 15 is 0 Å². The van der Waals surface area contributed by atoms with Gasteiger partial charge < -0.3 is 10.1 Å². The third kappa shape index (κ3) is 6.30. The van der Waals surface area contributed by atoms with Gasteiger partial charge in [-0.2, -0.15) is 0 Å². The van der Waals surface area contributed by atoms with Gasteiger partial charge in [-0.3, -0.25) is 13.9 Å². The van der Waals surface area contributed by atoms with E-state index in [0.29, 0.717) is 22.9 Å². The summed E-state index contributed by atoms with van der Waals surface area (Å²) in [5.41, 5.74) is 0.893. The number of anilines is 1. The summed E-state index contributed by atoms with van der Waals surface area (Å²) < 4.78 is 33.8. The Morgan fingerprint density at radius 3 is 2.32 bits per heavy atom. The van der Waals surface area contributed by atoms with Gasteiger partial charge in [0.05, 0.1) is 23.6 Å². The molecule has 1 amide bonds. The molecular weight excluding hydrogens is 476 g/mol. The van der Waals surface area contributed by atoms with E-state index < -0.39 is 10.0 Å². The third-order valence-corrected chi connectivity index (χ3v) is 8.16. The smallest absolute Gasteiger partial charge is 0.307 e. The van der Waals surface area contributed by atoms with Gasteiger partial charge in [-0.05, 0) is 74.2 Å². The van der Waals surface area contributed by atoms with Crippen LogP contribution in [-0.2, 0) is 19.6 Å². The predicted octanol–water partition coefficient (Wildman–Crippen LogP) is 4.80. The maximum absolute atomic E-state index is 13.7. The molecule has 3 rings (SSSR count). The summed E-state index contributed by atoms with van der Waals surface area (Å²) >= 11 is 5.97. The second-order valence-corrected chi connectivity index (χ2v) is 10.7. The van der Waals surface area contributed by atoms with E-state index in [1.54, 1.807) is 43.3 Å². The standard InChI is InChI=1S/C25H31ClN2O5S/c1-3-33-24(29)16-17-27-25(30)19-8-12-21(13-9-19)28(23-7-5-4-6-18(23)2)34(31,32)22-14-10-20(26)11-15-22/h8-15,18,23H,3-7,16-17H2,1-2H3,(H,27,30). The first-order valence-electron chi connectivity index (χ1n) is 11.6. The van der Waals surface area contributed by atoms with Crippen LogP contribution in [0.4, 0.5) is 5.69 Å². The number of ether oxygens (including phenoxy) is 1. The number of hydrogen-bond acceptors (Lipinski definition) is 5. The highest BCUT2D eigenvalue weighted by atomic mass is 35.5. The predicted molar refractivity (Wildman–Crippen MR) is 133 cm³/mol. The van der Waals surface area contributed by atoms with Crippen molar-refractivity contribution in [2.45, 2.75) is 56.9 Å². The summed E-state index contributed by atoms with van der Waals surface area (Å²) in [6, 6.07) is 12.5. The quantitative estimate of drug-likeness (QED) is 0.493. The minimum atomic E-state index is -3.84. The molecule has 2 atom stereocenters. The van der Waals surface area contributed by atoms with E-state index in [0.717, 1.165) is 25.7 Å². The summed E-state index contributed by atoms with van der Waals surface area (Å²) in [5.74, 6) is -0.515. The largest absolute Gasteiger partial charge is 0.466 e. The molecule has 1 fully saturated rings. The third-order valence-electron chi connectivity index (χ3n) is 6.04. The minimum absolute atomic E-state index is 0.0876. The highest BCUT2D eigenvalue weighted by molar-refractivity contribution is 7.92. The highest BCUT2D eigenvalue weighted by Gasteiger charge is 2.36. The molecule has 7 nitrogen and oxygen atoms in total. The van der Waals surface area contributed by atoms with Crippen molar-refractivity contribution in [2.75, 3.05) is 17.5 Å². The van der Waals surface area contributed by atoms with E-state index in [4.69, 9.17) is 16.3 Å². The Bertz CT molecular complexity index is 1090. The van der Waals surface area contributed by atoms with E-state index in [1.807, 2.05) is 0 Å². The fraction of sp³-hybridized carbons (Fsp3) is 0.440. The number of sulfonamides is 1. The number of carbonyl (C=O) groups excluding carboxylic acids is 2. The van der Waals surface area contributed by atoms with Crippen molar-refractivity contribution < 1.29 is 22.7 Å². The van der Waals surface area contributed by atoms with Gasteiger partial charge in [0.2, 0.25) is 0 Å². The van der Waals surface area contributed by atoms with Crippen molar-refractivity contribution in [2.24, 2.45) is 5.92 Å². The number of halogens is 1. The van der Waals surface area contributed by atoms with Gasteiger partial charge in [0.25, 0.3) is 15.9 Å². The Labute approximate surface area is 206 Å². The van der Waals surface area contributed by atoms with E-state index in [2.05, 4.69) is 12.2 Å². The van der Waals surface area contributed by atoms with Gasteiger partial charge in [-0.1, -0.05) is 31.4 Å². The van der Waals surface area contributed by atoms with Gasteiger partial charge in [0, 0.05) is 23.2 Å². The average Bonchev–Trinajstić information content (AvgIpc) is 2.81. The molecule has 2 aromatic rings. The molecule has 0 bridgehead atoms. The van der Waals surface area contributed by atoms with Crippen LogP contribution < -0.4 is 9.62 Å². The van der Waals surface area contributed by atoms with Crippen LogP contribution >= 0.6 is 11.6 Å². The van der Waals surface area contributed by atoms with E-state index in [9.17, 15) is 18.0 Å². The lowest BCUT2D eigenvalue weighted by Gasteiger charge is -2.39. The van der Waals surface area contributed by atoms with Crippen LogP contribution in [0.15, 0.2) is 53.4 Å². The molecule has 0 saturated heterocycles. The second-order valence-electron chi connectivity index (χ2n) is 8.44. The van der Waals surface area contributed by atoms with Gasteiger partial charge >= 0.3 is 5.97 Å². The minimum Gasteiger partial charge on any atom is -0.466 e. The van der Waals surface area contributed by atoms with Crippen molar-refractivity contribution in [1.29, 1.82) is 0 Å². The fourth-order valence-electron chi connectivity index (χ4n) is 4.25. The lowest BCUT2D eigenvalue weighted by Crippen LogP contribution is -2.45. The number of nitrogens with zero attached hydrogens (tertiary/aromatic N) is 1. The van der Waals surface area contributed by atoms with Crippen LogP contribution in [-0.4, -0.2) is 39.5 Å². The fourth-order valence-corrected chi connectivity index (χ4v) is 6.15. The summed E-state index contributed by atoms with van der Waals surface area (Å²) in [4.78, 5) is 24.1. The molecule has 184 valence electrons. The first-order chi connectivity index (χ1) is 16.2. The van der Waals surface area contributed by atoms with Crippen molar-refractivity contribution in [3.63, 3.8) is 0 Å². The first kappa shape index (κ1) is 26.0. The lowest BCUT2D eigenvalue weighted by molar-refractivity contribution is -0.142. The molecule has 1 N–H and O–H groups in total. The summed E-state index contributed by atoms with van der Waals surface area (Å²) in [6.45, 7) is 4.27. The summed E-state index contributed by atoms with van der Waals surface area (Å²) in [7, 11) is -3.84. The van der Waals surface area contributed by atoms with E-state index in [1.165, 1.54) is 16.4 Å². The maximum Gasteiger partial charge on any atom is 0.307 e. The van der Waals surface area contributed by atoms with Crippen molar-refractivity contribution in [3.05, 3.63) is 59.1 Å². The Kier molecular flexibility index (Phi) is 8.97. The Morgan fingerprint density at radius 2 is 1.71 bits per heavy atom. The van der Waals surface area contributed by atoms with Crippen molar-refractivity contribution in [1.82, 2.24) is 5.32 Å². The molecule has 9 heteroatoms. The number of rotatable bonds is 9. The number of carbonyl (C=O) groups is 2. The average molecular weight is 507 g/mol. The molecule has 2 aromatic carbocycles. The molecule has 34 heavy (non-hydrogen) atoms. The summed E-state index contributed by atoms with van der Waals surface area (Å²) in [6.07, 6.45) is 3.85. The topological polar surface area (TPSA) is 92.8 Å². The van der Waals surface area contributed by atoms with Crippen molar-refractivity contribution >= 4 is 39.2 Å². The molecule has 0 spiro atoms. The maximum atomic E-state index is 13.7. The molecule has 0 heterocycles. The molecule has 1 saturated carbocycles. The summed E-state index contributed by atoms with van der Waals surface area (Å²) in [5, 5.41) is 3.15. The van der Waals surface area contributed by atoms with Gasteiger partial charge in [-0.25, -0.2) is 8.42 Å². The van der Waals surface area contributed by atoms with Crippen molar-refractivity contribution in [3.8, 4) is 0 Å². The van der Waals surface area contributed by atoms with Crippen LogP contribution in [0.5, 0.6) is 0 Å². The zero-order valence-corrected chi connectivity index (χ0v) is 21.1. The Balaban J connectivity index is 1.84. The van der Waals surface area contributed by atoms with Crippen LogP contribution in [0.3, 0.4) is 0 Å². The van der Waals surface area contributed by atoms with Gasteiger partial charge in [-0.15, -0.1) is 0 Å². The molecule has 0 aliphatic heterocycles. The molecule has 0 radical (unpaired) electrons. The number of amides is 1. The normalized spacial score (nSPS) is 18.2. The van der Waals surface area contributed by atoms with Crippen LogP contribution in [0, 0.1) is 5.92 Å². The zero-order chi connectivity index (χ0) is 24.7. The second kappa shape index (κ2) is 11.7. The zero-order valence-electron chi connectivity index (χ0n) is 19.5. The number of esters is 1. The van der Waals surface area contributed by atoms with Crippen LogP contribution in [0.2, 0.25) is 5.02 Å². The molecule has 0 aromatic heterocycles. The van der Waals surface area contributed by atoms with E-state index in [-0.39, 0.29) is 41.7 Å². The number of hydrogen-bond donors (Lipinski definition) is 1. The van der Waals surface area contributed by atoms with Crippen LogP contribution in [0.1, 0.15) is 56.3 Å². The SMILES string of the molecule is CCOC(=O)CCNC(=O)c1ccc(N(C2CCCCC2C)S(=O)(=O)c2ccc(Cl)cc2)cc1. The molecule has 2 unspecified atom stereocenters. The Morgan fingerprint density at radius 1 is 1.06 bits per heavy atom. The monoisotopic (exact) mass is 506 g/mol. The van der Waals surface area contributed by atoms with Crippen LogP contribution in [0.25, 0.3) is 0 Å². The molecule has 1 aliphatic carbocycles. The number of benzene rings is 2. The van der Waals surface area contributed by atoms with Gasteiger partial charge in [0.1, 0.15) is 0 Å².